The number of hydrogen-bond donors (Lipinski definition) is 0. The van der Waals surface area contributed by atoms with Crippen molar-refractivity contribution in [2.24, 2.45) is 23.7 Å². The maximum absolute atomic E-state index is 11.5. The minimum atomic E-state index is 0.402. The Morgan fingerprint density at radius 2 is 2.00 bits per heavy atom. The number of allylic oxidation sites excluding steroid dienone is 2. The Hall–Kier alpha value is -0.240. The van der Waals surface area contributed by atoms with Gasteiger partial charge in [-0.15, -0.1) is 0 Å². The molecule has 0 spiro atoms. The zero-order valence-corrected chi connectivity index (χ0v) is 7.72. The van der Waals surface area contributed by atoms with Gasteiger partial charge in [0.1, 0.15) is 0 Å². The molecule has 2 unspecified atom stereocenters. The predicted octanol–water partition coefficient (Wildman–Crippen LogP) is 2.09. The van der Waals surface area contributed by atoms with Crippen LogP contribution >= 0.6 is 11.8 Å². The van der Waals surface area contributed by atoms with Gasteiger partial charge in [0, 0.05) is 11.7 Å². The maximum atomic E-state index is 11.5. The van der Waals surface area contributed by atoms with E-state index in [0.717, 1.165) is 11.7 Å². The van der Waals surface area contributed by atoms with E-state index in [2.05, 4.69) is 12.2 Å². The van der Waals surface area contributed by atoms with Crippen LogP contribution in [0.3, 0.4) is 0 Å². The molecule has 0 N–H and O–H groups in total. The molecule has 0 amide bonds. The summed E-state index contributed by atoms with van der Waals surface area (Å²) in [5.41, 5.74) is 0. The van der Waals surface area contributed by atoms with Crippen LogP contribution in [0.2, 0.25) is 0 Å². The Balaban J connectivity index is 2.01. The maximum Gasteiger partial charge on any atom is 0.192 e. The van der Waals surface area contributed by atoms with Crippen LogP contribution in [-0.2, 0) is 4.79 Å². The normalized spacial score (nSPS) is 49.8. The SMILES string of the molecule is O=C1SCC2C1[C@H]1C=C[C@@H]2CC1. The summed E-state index contributed by atoms with van der Waals surface area (Å²) in [4.78, 5) is 11.5. The molecule has 64 valence electrons. The van der Waals surface area contributed by atoms with Crippen LogP contribution in [0.1, 0.15) is 12.8 Å². The molecular formula is C10H12OS. The smallest absolute Gasteiger partial charge is 0.192 e. The molecule has 1 saturated carbocycles. The molecule has 2 heteroatoms. The number of carbonyl (C=O) groups is 1. The Kier molecular flexibility index (Phi) is 1.43. The van der Waals surface area contributed by atoms with Crippen molar-refractivity contribution in [2.45, 2.75) is 12.8 Å². The number of rotatable bonds is 0. The third-order valence-electron chi connectivity index (χ3n) is 3.60. The van der Waals surface area contributed by atoms with Crippen LogP contribution < -0.4 is 0 Å². The second-order valence-electron chi connectivity index (χ2n) is 4.11. The van der Waals surface area contributed by atoms with E-state index in [1.54, 1.807) is 11.8 Å². The highest BCUT2D eigenvalue weighted by Gasteiger charge is 2.48. The van der Waals surface area contributed by atoms with Crippen molar-refractivity contribution in [3.8, 4) is 0 Å². The summed E-state index contributed by atoms with van der Waals surface area (Å²) in [5.74, 6) is 3.53. The van der Waals surface area contributed by atoms with Gasteiger partial charge in [0.15, 0.2) is 5.12 Å². The van der Waals surface area contributed by atoms with Crippen molar-refractivity contribution in [2.75, 3.05) is 5.75 Å². The van der Waals surface area contributed by atoms with Gasteiger partial charge in [-0.25, -0.2) is 0 Å². The van der Waals surface area contributed by atoms with E-state index < -0.39 is 0 Å². The molecule has 1 aliphatic heterocycles. The summed E-state index contributed by atoms with van der Waals surface area (Å²) in [6.45, 7) is 0. The first-order chi connectivity index (χ1) is 5.86. The summed E-state index contributed by atoms with van der Waals surface area (Å²) in [6, 6.07) is 0. The highest BCUT2D eigenvalue weighted by Crippen LogP contribution is 2.51. The first-order valence-electron chi connectivity index (χ1n) is 4.71. The van der Waals surface area contributed by atoms with Crippen molar-refractivity contribution in [3.63, 3.8) is 0 Å². The molecule has 2 fully saturated rings. The van der Waals surface area contributed by atoms with E-state index in [0.29, 0.717) is 22.9 Å². The molecule has 0 aromatic carbocycles. The Morgan fingerprint density at radius 1 is 1.25 bits per heavy atom. The predicted molar refractivity (Wildman–Crippen MR) is 49.8 cm³/mol. The zero-order chi connectivity index (χ0) is 8.13. The van der Waals surface area contributed by atoms with Crippen molar-refractivity contribution >= 4 is 16.9 Å². The van der Waals surface area contributed by atoms with Gasteiger partial charge in [-0.1, -0.05) is 23.9 Å². The van der Waals surface area contributed by atoms with Crippen LogP contribution in [0.5, 0.6) is 0 Å². The second kappa shape index (κ2) is 2.38. The number of fused-ring (bicyclic) bond motifs is 1. The first-order valence-corrected chi connectivity index (χ1v) is 5.70. The van der Waals surface area contributed by atoms with Gasteiger partial charge >= 0.3 is 0 Å². The lowest BCUT2D eigenvalue weighted by Gasteiger charge is -2.39. The van der Waals surface area contributed by atoms with E-state index in [1.165, 1.54) is 12.8 Å². The monoisotopic (exact) mass is 180 g/mol. The van der Waals surface area contributed by atoms with Crippen molar-refractivity contribution in [1.29, 1.82) is 0 Å². The van der Waals surface area contributed by atoms with E-state index in [-0.39, 0.29) is 0 Å². The molecular weight excluding hydrogens is 168 g/mol. The van der Waals surface area contributed by atoms with Crippen molar-refractivity contribution in [1.82, 2.24) is 0 Å². The topological polar surface area (TPSA) is 17.1 Å². The fourth-order valence-electron chi connectivity index (χ4n) is 2.95. The van der Waals surface area contributed by atoms with Crippen LogP contribution in [0, 0.1) is 23.7 Å². The van der Waals surface area contributed by atoms with Gasteiger partial charge in [0.25, 0.3) is 0 Å². The first kappa shape index (κ1) is 7.19. The van der Waals surface area contributed by atoms with Crippen LogP contribution in [0.25, 0.3) is 0 Å². The van der Waals surface area contributed by atoms with Crippen LogP contribution in [0.15, 0.2) is 12.2 Å². The largest absolute Gasteiger partial charge is 0.287 e. The molecule has 1 saturated heterocycles. The lowest BCUT2D eigenvalue weighted by molar-refractivity contribution is -0.117. The molecule has 1 heterocycles. The average molecular weight is 180 g/mol. The highest BCUT2D eigenvalue weighted by molar-refractivity contribution is 8.14. The molecule has 1 nitrogen and oxygen atoms in total. The summed E-state index contributed by atoms with van der Waals surface area (Å²) in [5, 5.41) is 0.471. The standard InChI is InChI=1S/C10H12OS/c11-10-9-7-3-1-6(2-4-7)8(9)5-12-10/h1,3,6-9H,2,4-5H2/t6-,7+,8?,9?/m1/s1. The Morgan fingerprint density at radius 3 is 2.67 bits per heavy atom. The molecule has 4 aliphatic rings. The van der Waals surface area contributed by atoms with Crippen molar-refractivity contribution in [3.05, 3.63) is 12.2 Å². The lowest BCUT2D eigenvalue weighted by Crippen LogP contribution is -2.37. The van der Waals surface area contributed by atoms with Crippen molar-refractivity contribution < 1.29 is 4.79 Å². The fraction of sp³-hybridized carbons (Fsp3) is 0.700. The van der Waals surface area contributed by atoms with E-state index in [9.17, 15) is 4.79 Å². The van der Waals surface area contributed by atoms with E-state index in [1.807, 2.05) is 0 Å². The molecule has 3 aliphatic carbocycles. The van der Waals surface area contributed by atoms with Gasteiger partial charge in [-0.3, -0.25) is 4.79 Å². The molecule has 4 atom stereocenters. The third-order valence-corrected chi connectivity index (χ3v) is 4.71. The quantitative estimate of drug-likeness (QED) is 0.531. The van der Waals surface area contributed by atoms with Crippen LogP contribution in [-0.4, -0.2) is 10.9 Å². The van der Waals surface area contributed by atoms with Gasteiger partial charge in [0.05, 0.1) is 0 Å². The summed E-state index contributed by atoms with van der Waals surface area (Å²) in [7, 11) is 0. The summed E-state index contributed by atoms with van der Waals surface area (Å²) >= 11 is 1.57. The lowest BCUT2D eigenvalue weighted by atomic mass is 9.63. The van der Waals surface area contributed by atoms with Gasteiger partial charge in [-0.2, -0.15) is 0 Å². The minimum Gasteiger partial charge on any atom is -0.287 e. The Labute approximate surface area is 76.6 Å². The zero-order valence-electron chi connectivity index (χ0n) is 6.90. The molecule has 0 aromatic rings. The van der Waals surface area contributed by atoms with Gasteiger partial charge in [0.2, 0.25) is 0 Å². The van der Waals surface area contributed by atoms with Gasteiger partial charge in [-0.05, 0) is 30.6 Å². The van der Waals surface area contributed by atoms with Crippen LogP contribution in [0.4, 0.5) is 0 Å². The molecule has 0 radical (unpaired) electrons. The minimum absolute atomic E-state index is 0.402. The molecule has 4 rings (SSSR count). The third kappa shape index (κ3) is 0.792. The summed E-state index contributed by atoms with van der Waals surface area (Å²) < 4.78 is 0. The number of carbonyl (C=O) groups excluding carboxylic acids is 1. The molecule has 0 aromatic heterocycles. The number of thioether (sulfide) groups is 1. The average Bonchev–Trinajstić information content (AvgIpc) is 2.53. The second-order valence-corrected chi connectivity index (χ2v) is 5.13. The van der Waals surface area contributed by atoms with E-state index in [4.69, 9.17) is 0 Å². The fourth-order valence-corrected chi connectivity index (χ4v) is 4.31. The number of hydrogen-bond acceptors (Lipinski definition) is 2. The van der Waals surface area contributed by atoms with E-state index >= 15 is 0 Å². The molecule has 2 bridgehead atoms. The highest BCUT2D eigenvalue weighted by atomic mass is 32.2. The molecule has 12 heavy (non-hydrogen) atoms. The van der Waals surface area contributed by atoms with Gasteiger partial charge < -0.3 is 0 Å². The summed E-state index contributed by atoms with van der Waals surface area (Å²) in [6.07, 6.45) is 7.23. The Bertz CT molecular complexity index is 259.